The molecule has 0 aromatic heterocycles. The van der Waals surface area contributed by atoms with Crippen LogP contribution < -0.4 is 4.90 Å². The van der Waals surface area contributed by atoms with E-state index in [1.165, 1.54) is 5.56 Å². The van der Waals surface area contributed by atoms with Crippen molar-refractivity contribution >= 4 is 29.1 Å². The fourth-order valence-corrected chi connectivity index (χ4v) is 3.09. The summed E-state index contributed by atoms with van der Waals surface area (Å²) in [6.07, 6.45) is 2.25. The summed E-state index contributed by atoms with van der Waals surface area (Å²) < 4.78 is 0. The summed E-state index contributed by atoms with van der Waals surface area (Å²) in [5, 5.41) is 0. The van der Waals surface area contributed by atoms with E-state index in [0.29, 0.717) is 25.5 Å². The lowest BCUT2D eigenvalue weighted by Gasteiger charge is -2.34. The average Bonchev–Trinajstić information content (AvgIpc) is 2.56. The molecule has 1 heterocycles. The third-order valence-electron chi connectivity index (χ3n) is 4.42. The van der Waals surface area contributed by atoms with Crippen molar-refractivity contribution in [3.05, 3.63) is 29.8 Å². The lowest BCUT2D eigenvalue weighted by atomic mass is 9.94. The molecule has 2 amide bonds. The molecule has 4 nitrogen and oxygen atoms in total. The molecule has 1 fully saturated rings. The van der Waals surface area contributed by atoms with Crippen LogP contribution in [-0.2, 0) is 9.59 Å². The molecule has 1 aromatic rings. The summed E-state index contributed by atoms with van der Waals surface area (Å²) in [4.78, 5) is 28.0. The normalized spacial score (nSPS) is 15.5. The smallest absolute Gasteiger partial charge is 0.230 e. The first-order valence-corrected chi connectivity index (χ1v) is 8.76. The number of anilines is 1. The van der Waals surface area contributed by atoms with Gasteiger partial charge in [-0.05, 0) is 38.3 Å². The monoisotopic (exact) mass is 336 g/mol. The zero-order valence-corrected chi connectivity index (χ0v) is 14.7. The summed E-state index contributed by atoms with van der Waals surface area (Å²) in [7, 11) is 0. The quantitative estimate of drug-likeness (QED) is 0.775. The molecule has 0 N–H and O–H groups in total. The van der Waals surface area contributed by atoms with Gasteiger partial charge in [0.15, 0.2) is 0 Å². The number of carbonyl (C=O) groups excluding carboxylic acids is 2. The maximum absolute atomic E-state index is 12.9. The number of hydrogen-bond donors (Lipinski definition) is 0. The Morgan fingerprint density at radius 1 is 1.22 bits per heavy atom. The van der Waals surface area contributed by atoms with Crippen molar-refractivity contribution in [3.8, 4) is 0 Å². The fourth-order valence-electron chi connectivity index (χ4n) is 2.97. The van der Waals surface area contributed by atoms with E-state index in [2.05, 4.69) is 0 Å². The van der Waals surface area contributed by atoms with Gasteiger partial charge in [-0.2, -0.15) is 0 Å². The highest BCUT2D eigenvalue weighted by Gasteiger charge is 2.29. The molecule has 23 heavy (non-hydrogen) atoms. The van der Waals surface area contributed by atoms with Crippen LogP contribution in [-0.4, -0.2) is 42.2 Å². The topological polar surface area (TPSA) is 40.6 Å². The highest BCUT2D eigenvalue weighted by molar-refractivity contribution is 6.17. The van der Waals surface area contributed by atoms with Gasteiger partial charge < -0.3 is 9.80 Å². The summed E-state index contributed by atoms with van der Waals surface area (Å²) in [5.41, 5.74) is 2.10. The van der Waals surface area contributed by atoms with E-state index < -0.39 is 0 Å². The fraction of sp³-hybridized carbons (Fsp3) is 0.556. The molecule has 0 radical (unpaired) electrons. The van der Waals surface area contributed by atoms with Crippen LogP contribution in [0.25, 0.3) is 0 Å². The van der Waals surface area contributed by atoms with Gasteiger partial charge in [-0.3, -0.25) is 9.59 Å². The second-order valence-electron chi connectivity index (χ2n) is 6.15. The van der Waals surface area contributed by atoms with E-state index in [4.69, 9.17) is 11.6 Å². The van der Waals surface area contributed by atoms with E-state index in [9.17, 15) is 9.59 Å². The number of benzene rings is 1. The van der Waals surface area contributed by atoms with Gasteiger partial charge in [-0.25, -0.2) is 0 Å². The first-order valence-electron chi connectivity index (χ1n) is 8.22. The van der Waals surface area contributed by atoms with Crippen molar-refractivity contribution in [2.45, 2.75) is 33.1 Å². The molecule has 0 bridgehead atoms. The second kappa shape index (κ2) is 8.34. The van der Waals surface area contributed by atoms with Gasteiger partial charge in [0.1, 0.15) is 0 Å². The maximum atomic E-state index is 12.9. The van der Waals surface area contributed by atoms with E-state index in [1.54, 1.807) is 6.92 Å². The number of carbonyl (C=O) groups is 2. The van der Waals surface area contributed by atoms with E-state index in [0.717, 1.165) is 24.9 Å². The van der Waals surface area contributed by atoms with Gasteiger partial charge in [0, 0.05) is 44.0 Å². The lowest BCUT2D eigenvalue weighted by molar-refractivity contribution is -0.133. The molecular formula is C18H25ClN2O2. The van der Waals surface area contributed by atoms with Crippen molar-refractivity contribution in [2.24, 2.45) is 5.92 Å². The van der Waals surface area contributed by atoms with Gasteiger partial charge >= 0.3 is 0 Å². The minimum Gasteiger partial charge on any atom is -0.343 e. The van der Waals surface area contributed by atoms with Crippen LogP contribution in [0.4, 0.5) is 5.69 Å². The molecule has 0 atom stereocenters. The van der Waals surface area contributed by atoms with Crippen molar-refractivity contribution in [1.29, 1.82) is 0 Å². The van der Waals surface area contributed by atoms with Crippen molar-refractivity contribution in [1.82, 2.24) is 4.90 Å². The molecule has 0 unspecified atom stereocenters. The van der Waals surface area contributed by atoms with Crippen LogP contribution in [0.2, 0.25) is 0 Å². The number of likely N-dealkylation sites (tertiary alicyclic amines) is 1. The average molecular weight is 337 g/mol. The van der Waals surface area contributed by atoms with Crippen LogP contribution in [0.15, 0.2) is 24.3 Å². The number of nitrogens with zero attached hydrogens (tertiary/aromatic N) is 2. The highest BCUT2D eigenvalue weighted by Crippen LogP contribution is 2.24. The molecular weight excluding hydrogens is 312 g/mol. The minimum absolute atomic E-state index is 0.0118. The molecule has 1 aliphatic rings. The number of alkyl halides is 1. The third-order valence-corrected chi connectivity index (χ3v) is 4.68. The number of rotatable bonds is 5. The van der Waals surface area contributed by atoms with E-state index >= 15 is 0 Å². The third kappa shape index (κ3) is 4.71. The number of halogens is 1. The Morgan fingerprint density at radius 3 is 2.35 bits per heavy atom. The van der Waals surface area contributed by atoms with Crippen molar-refractivity contribution in [3.63, 3.8) is 0 Å². The van der Waals surface area contributed by atoms with Gasteiger partial charge in [-0.1, -0.05) is 17.7 Å². The first-order chi connectivity index (χ1) is 11.0. The van der Waals surface area contributed by atoms with Gasteiger partial charge in [0.25, 0.3) is 0 Å². The number of aryl methyl sites for hydroxylation is 1. The van der Waals surface area contributed by atoms with Crippen LogP contribution in [0.1, 0.15) is 31.7 Å². The Bertz CT molecular complexity index is 536. The predicted molar refractivity (Wildman–Crippen MR) is 93.8 cm³/mol. The largest absolute Gasteiger partial charge is 0.343 e. The standard InChI is InChI=1S/C18H25ClN2O2/c1-14-4-6-17(7-5-14)21(11-3-10-19)18(23)16-8-12-20(13-9-16)15(2)22/h4-7,16H,3,8-13H2,1-2H3. The predicted octanol–water partition coefficient (Wildman–Crippen LogP) is 3.22. The van der Waals surface area contributed by atoms with Crippen molar-refractivity contribution < 1.29 is 9.59 Å². The van der Waals surface area contributed by atoms with E-state index in [1.807, 2.05) is 41.0 Å². The SMILES string of the molecule is CC(=O)N1CCC(C(=O)N(CCCCl)c2ccc(C)cc2)CC1. The molecule has 126 valence electrons. The molecule has 0 saturated carbocycles. The highest BCUT2D eigenvalue weighted by atomic mass is 35.5. The summed E-state index contributed by atoms with van der Waals surface area (Å²) in [6.45, 7) is 5.59. The summed E-state index contributed by atoms with van der Waals surface area (Å²) >= 11 is 5.82. The summed E-state index contributed by atoms with van der Waals surface area (Å²) in [6, 6.07) is 8.03. The Morgan fingerprint density at radius 2 is 1.83 bits per heavy atom. The molecule has 0 spiro atoms. The first kappa shape index (κ1) is 17.8. The van der Waals surface area contributed by atoms with Gasteiger partial charge in [0.2, 0.25) is 11.8 Å². The lowest BCUT2D eigenvalue weighted by Crippen LogP contribution is -2.44. The number of hydrogen-bond acceptors (Lipinski definition) is 2. The molecule has 2 rings (SSSR count). The molecule has 0 aliphatic carbocycles. The van der Waals surface area contributed by atoms with Gasteiger partial charge in [0.05, 0.1) is 0 Å². The van der Waals surface area contributed by atoms with Crippen molar-refractivity contribution in [2.75, 3.05) is 30.4 Å². The van der Waals surface area contributed by atoms with Crippen LogP contribution in [0.5, 0.6) is 0 Å². The van der Waals surface area contributed by atoms with E-state index in [-0.39, 0.29) is 17.7 Å². The van der Waals surface area contributed by atoms with Gasteiger partial charge in [-0.15, -0.1) is 11.6 Å². The van der Waals surface area contributed by atoms with Crippen LogP contribution >= 0.6 is 11.6 Å². The Balaban J connectivity index is 2.08. The molecule has 1 saturated heterocycles. The zero-order valence-electron chi connectivity index (χ0n) is 13.9. The maximum Gasteiger partial charge on any atom is 0.230 e. The second-order valence-corrected chi connectivity index (χ2v) is 6.53. The molecule has 1 aromatic carbocycles. The van der Waals surface area contributed by atoms with Crippen LogP contribution in [0.3, 0.4) is 0 Å². The Labute approximate surface area is 143 Å². The Kier molecular flexibility index (Phi) is 6.46. The Hall–Kier alpha value is -1.55. The molecule has 5 heteroatoms. The molecule has 1 aliphatic heterocycles. The summed E-state index contributed by atoms with van der Waals surface area (Å²) in [5.74, 6) is 0.774. The zero-order chi connectivity index (χ0) is 16.8. The van der Waals surface area contributed by atoms with Crippen LogP contribution in [0, 0.1) is 12.8 Å². The number of amides is 2. The number of piperidine rings is 1. The minimum atomic E-state index is -0.0118.